The van der Waals surface area contributed by atoms with Crippen molar-refractivity contribution in [1.82, 2.24) is 9.61 Å². The van der Waals surface area contributed by atoms with Crippen LogP contribution < -0.4 is 0 Å². The van der Waals surface area contributed by atoms with Crippen LogP contribution in [-0.4, -0.2) is 20.7 Å². The maximum Gasteiger partial charge on any atom is 0.335 e. The molecule has 4 heteroatoms. The molecule has 3 aromatic rings. The summed E-state index contributed by atoms with van der Waals surface area (Å²) in [5, 5.41) is 13.1. The minimum absolute atomic E-state index is 0.292. The number of pyridine rings is 1. The Morgan fingerprint density at radius 3 is 2.78 bits per heavy atom. The zero-order chi connectivity index (χ0) is 12.5. The van der Waals surface area contributed by atoms with Gasteiger partial charge in [0.05, 0.1) is 11.1 Å². The Kier molecular flexibility index (Phi) is 2.34. The summed E-state index contributed by atoms with van der Waals surface area (Å²) < 4.78 is 1.77. The summed E-state index contributed by atoms with van der Waals surface area (Å²) in [6.45, 7) is 0. The number of aromatic carboxylic acids is 1. The lowest BCUT2D eigenvalue weighted by Gasteiger charge is -2.03. The van der Waals surface area contributed by atoms with E-state index in [4.69, 9.17) is 5.11 Å². The average molecular weight is 238 g/mol. The molecule has 1 aromatic carbocycles. The summed E-state index contributed by atoms with van der Waals surface area (Å²) in [5.74, 6) is -0.915. The molecule has 4 nitrogen and oxygen atoms in total. The monoisotopic (exact) mass is 238 g/mol. The molecule has 0 unspecified atom stereocenters. The number of rotatable bonds is 2. The molecule has 88 valence electrons. The van der Waals surface area contributed by atoms with E-state index in [0.29, 0.717) is 5.56 Å². The zero-order valence-corrected chi connectivity index (χ0v) is 9.45. The summed E-state index contributed by atoms with van der Waals surface area (Å²) in [6, 6.07) is 12.7. The molecule has 0 radical (unpaired) electrons. The minimum atomic E-state index is -0.915. The lowest BCUT2D eigenvalue weighted by Crippen LogP contribution is -1.95. The van der Waals surface area contributed by atoms with E-state index in [1.165, 1.54) is 0 Å². The first-order valence-electron chi connectivity index (χ1n) is 5.51. The summed E-state index contributed by atoms with van der Waals surface area (Å²) in [6.07, 6.45) is 3.59. The van der Waals surface area contributed by atoms with Gasteiger partial charge in [0.1, 0.15) is 0 Å². The lowest BCUT2D eigenvalue weighted by atomic mass is 10.0. The summed E-state index contributed by atoms with van der Waals surface area (Å²) in [4.78, 5) is 10.9. The maximum atomic E-state index is 10.9. The highest BCUT2D eigenvalue weighted by molar-refractivity contribution is 5.89. The van der Waals surface area contributed by atoms with Crippen LogP contribution in [0, 0.1) is 0 Å². The first-order chi connectivity index (χ1) is 8.74. The van der Waals surface area contributed by atoms with Crippen LogP contribution in [0.3, 0.4) is 0 Å². The van der Waals surface area contributed by atoms with Crippen molar-refractivity contribution in [2.24, 2.45) is 0 Å². The predicted octanol–water partition coefficient (Wildman–Crippen LogP) is 2.70. The minimum Gasteiger partial charge on any atom is -0.478 e. The fourth-order valence-corrected chi connectivity index (χ4v) is 1.93. The van der Waals surface area contributed by atoms with E-state index < -0.39 is 5.97 Å². The average Bonchev–Trinajstić information content (AvgIpc) is 2.86. The molecule has 0 aliphatic rings. The van der Waals surface area contributed by atoms with E-state index in [0.717, 1.165) is 16.6 Å². The van der Waals surface area contributed by atoms with Gasteiger partial charge in [-0.1, -0.05) is 12.1 Å². The molecule has 0 aliphatic heterocycles. The molecule has 0 fully saturated rings. The van der Waals surface area contributed by atoms with Gasteiger partial charge < -0.3 is 5.11 Å². The molecule has 0 saturated heterocycles. The van der Waals surface area contributed by atoms with Gasteiger partial charge in [-0.25, -0.2) is 9.31 Å². The number of hydrogen-bond donors (Lipinski definition) is 1. The van der Waals surface area contributed by atoms with Gasteiger partial charge in [0.2, 0.25) is 0 Å². The summed E-state index contributed by atoms with van der Waals surface area (Å²) in [5.41, 5.74) is 3.14. The van der Waals surface area contributed by atoms with E-state index in [-0.39, 0.29) is 0 Å². The molecule has 0 bridgehead atoms. The Morgan fingerprint density at radius 1 is 1.11 bits per heavy atom. The van der Waals surface area contributed by atoms with Crippen LogP contribution in [-0.2, 0) is 0 Å². The van der Waals surface area contributed by atoms with E-state index in [1.54, 1.807) is 28.9 Å². The van der Waals surface area contributed by atoms with Crippen molar-refractivity contribution in [2.75, 3.05) is 0 Å². The van der Waals surface area contributed by atoms with Crippen LogP contribution >= 0.6 is 0 Å². The SMILES string of the molecule is O=C(O)c1cccc(-c2ccn3nccc3c2)c1. The molecule has 1 N–H and O–H groups in total. The molecule has 0 amide bonds. The standard InChI is InChI=1S/C14H10N2O2/c17-14(18)12-3-1-2-10(8-12)11-5-7-16-13(9-11)4-6-15-16/h1-9H,(H,17,18). The van der Waals surface area contributed by atoms with Crippen molar-refractivity contribution in [3.05, 3.63) is 60.4 Å². The van der Waals surface area contributed by atoms with Gasteiger partial charge in [0.15, 0.2) is 0 Å². The number of aromatic nitrogens is 2. The van der Waals surface area contributed by atoms with Gasteiger partial charge in [0, 0.05) is 12.4 Å². The largest absolute Gasteiger partial charge is 0.478 e. The van der Waals surface area contributed by atoms with Gasteiger partial charge in [-0.05, 0) is 41.5 Å². The first-order valence-corrected chi connectivity index (χ1v) is 5.51. The highest BCUT2D eigenvalue weighted by Crippen LogP contribution is 2.21. The maximum absolute atomic E-state index is 10.9. The molecule has 0 atom stereocenters. The topological polar surface area (TPSA) is 54.6 Å². The van der Waals surface area contributed by atoms with Gasteiger partial charge in [-0.15, -0.1) is 0 Å². The Morgan fingerprint density at radius 2 is 1.94 bits per heavy atom. The van der Waals surface area contributed by atoms with E-state index >= 15 is 0 Å². The molecule has 0 spiro atoms. The third-order valence-electron chi connectivity index (χ3n) is 2.84. The van der Waals surface area contributed by atoms with Crippen molar-refractivity contribution < 1.29 is 9.90 Å². The number of benzene rings is 1. The number of hydrogen-bond acceptors (Lipinski definition) is 2. The van der Waals surface area contributed by atoms with Gasteiger partial charge in [0.25, 0.3) is 0 Å². The molecular formula is C14H10N2O2. The highest BCUT2D eigenvalue weighted by Gasteiger charge is 2.05. The number of carbonyl (C=O) groups is 1. The Hall–Kier alpha value is -2.62. The van der Waals surface area contributed by atoms with Crippen molar-refractivity contribution in [3.63, 3.8) is 0 Å². The summed E-state index contributed by atoms with van der Waals surface area (Å²) in [7, 11) is 0. The van der Waals surface area contributed by atoms with Crippen LogP contribution in [0.25, 0.3) is 16.6 Å². The van der Waals surface area contributed by atoms with Crippen molar-refractivity contribution >= 4 is 11.5 Å². The number of fused-ring (bicyclic) bond motifs is 1. The number of carboxylic acids is 1. The second-order valence-corrected chi connectivity index (χ2v) is 4.00. The highest BCUT2D eigenvalue weighted by atomic mass is 16.4. The third-order valence-corrected chi connectivity index (χ3v) is 2.84. The second kappa shape index (κ2) is 4.00. The van der Waals surface area contributed by atoms with Crippen LogP contribution in [0.2, 0.25) is 0 Å². The zero-order valence-electron chi connectivity index (χ0n) is 9.45. The fraction of sp³-hybridized carbons (Fsp3) is 0. The van der Waals surface area contributed by atoms with Gasteiger partial charge >= 0.3 is 5.97 Å². The summed E-state index contributed by atoms with van der Waals surface area (Å²) >= 11 is 0. The molecule has 2 heterocycles. The Labute approximate surface area is 103 Å². The molecule has 2 aromatic heterocycles. The van der Waals surface area contributed by atoms with Gasteiger partial charge in [-0.3, -0.25) is 0 Å². The molecular weight excluding hydrogens is 228 g/mol. The van der Waals surface area contributed by atoms with Crippen molar-refractivity contribution in [2.45, 2.75) is 0 Å². The van der Waals surface area contributed by atoms with E-state index in [1.807, 2.05) is 30.5 Å². The van der Waals surface area contributed by atoms with Crippen LogP contribution in [0.4, 0.5) is 0 Å². The Balaban J connectivity index is 2.13. The molecule has 0 saturated carbocycles. The van der Waals surface area contributed by atoms with E-state index in [2.05, 4.69) is 5.10 Å². The molecule has 0 aliphatic carbocycles. The van der Waals surface area contributed by atoms with E-state index in [9.17, 15) is 4.79 Å². The smallest absolute Gasteiger partial charge is 0.335 e. The molecule has 18 heavy (non-hydrogen) atoms. The number of carboxylic acid groups (broad SMARTS) is 1. The second-order valence-electron chi connectivity index (χ2n) is 4.00. The fourth-order valence-electron chi connectivity index (χ4n) is 1.93. The van der Waals surface area contributed by atoms with Crippen LogP contribution in [0.15, 0.2) is 54.9 Å². The van der Waals surface area contributed by atoms with Crippen molar-refractivity contribution in [3.8, 4) is 11.1 Å². The first kappa shape index (κ1) is 10.5. The molecule has 3 rings (SSSR count). The van der Waals surface area contributed by atoms with Crippen molar-refractivity contribution in [1.29, 1.82) is 0 Å². The third kappa shape index (κ3) is 1.73. The number of nitrogens with zero attached hydrogens (tertiary/aromatic N) is 2. The predicted molar refractivity (Wildman–Crippen MR) is 67.6 cm³/mol. The Bertz CT molecular complexity index is 731. The lowest BCUT2D eigenvalue weighted by molar-refractivity contribution is 0.0697. The van der Waals surface area contributed by atoms with Crippen LogP contribution in [0.1, 0.15) is 10.4 Å². The van der Waals surface area contributed by atoms with Crippen LogP contribution in [0.5, 0.6) is 0 Å². The quantitative estimate of drug-likeness (QED) is 0.746. The van der Waals surface area contributed by atoms with Gasteiger partial charge in [-0.2, -0.15) is 5.10 Å². The normalized spacial score (nSPS) is 10.7.